The van der Waals surface area contributed by atoms with Crippen molar-refractivity contribution >= 4 is 35.0 Å². The molecule has 0 saturated heterocycles. The zero-order chi connectivity index (χ0) is 22.2. The summed E-state index contributed by atoms with van der Waals surface area (Å²) >= 11 is 6.02. The van der Waals surface area contributed by atoms with Crippen molar-refractivity contribution in [2.24, 2.45) is 5.92 Å². The van der Waals surface area contributed by atoms with Crippen molar-refractivity contribution in [2.45, 2.75) is 45.1 Å². The van der Waals surface area contributed by atoms with Gasteiger partial charge in [0.2, 0.25) is 5.91 Å². The highest BCUT2D eigenvalue weighted by atomic mass is 35.5. The highest BCUT2D eigenvalue weighted by Gasteiger charge is 2.21. The van der Waals surface area contributed by atoms with E-state index in [9.17, 15) is 14.4 Å². The number of halogens is 1. The molecule has 0 radical (unpaired) electrons. The summed E-state index contributed by atoms with van der Waals surface area (Å²) in [5, 5.41) is 3.29. The van der Waals surface area contributed by atoms with Crippen LogP contribution in [0.15, 0.2) is 48.5 Å². The second kappa shape index (κ2) is 10.8. The summed E-state index contributed by atoms with van der Waals surface area (Å²) in [5.41, 5.74) is 5.67. The van der Waals surface area contributed by atoms with E-state index in [4.69, 9.17) is 16.3 Å². The minimum atomic E-state index is -0.863. The van der Waals surface area contributed by atoms with Gasteiger partial charge in [-0.25, -0.2) is 0 Å². The van der Waals surface area contributed by atoms with Gasteiger partial charge >= 0.3 is 0 Å². The first-order valence-electron chi connectivity index (χ1n) is 10.4. The van der Waals surface area contributed by atoms with E-state index in [1.54, 1.807) is 55.5 Å². The maximum absolute atomic E-state index is 12.3. The van der Waals surface area contributed by atoms with Crippen LogP contribution < -0.4 is 20.9 Å². The van der Waals surface area contributed by atoms with Gasteiger partial charge in [-0.3, -0.25) is 25.2 Å². The summed E-state index contributed by atoms with van der Waals surface area (Å²) in [5.74, 6) is -0.546. The Morgan fingerprint density at radius 3 is 2.32 bits per heavy atom. The molecule has 0 bridgehead atoms. The van der Waals surface area contributed by atoms with Crippen LogP contribution in [0.5, 0.6) is 5.75 Å². The normalized spacial score (nSPS) is 14.9. The number of hydrazine groups is 1. The van der Waals surface area contributed by atoms with Gasteiger partial charge in [0.15, 0.2) is 6.10 Å². The van der Waals surface area contributed by atoms with Crippen molar-refractivity contribution in [1.82, 2.24) is 10.9 Å². The molecule has 1 unspecified atom stereocenters. The second-order valence-electron chi connectivity index (χ2n) is 7.54. The van der Waals surface area contributed by atoms with E-state index in [1.807, 2.05) is 0 Å². The molecule has 31 heavy (non-hydrogen) atoms. The lowest BCUT2D eigenvalue weighted by Gasteiger charge is -2.20. The van der Waals surface area contributed by atoms with Crippen molar-refractivity contribution in [3.8, 4) is 5.75 Å². The highest BCUT2D eigenvalue weighted by molar-refractivity contribution is 6.32. The molecule has 1 saturated carbocycles. The Balaban J connectivity index is 1.47. The number of ether oxygens (including phenoxy) is 1. The van der Waals surface area contributed by atoms with Crippen molar-refractivity contribution in [3.05, 3.63) is 59.1 Å². The average Bonchev–Trinajstić information content (AvgIpc) is 2.79. The zero-order valence-electron chi connectivity index (χ0n) is 17.3. The number of hydrogen-bond acceptors (Lipinski definition) is 4. The van der Waals surface area contributed by atoms with Crippen LogP contribution in [-0.4, -0.2) is 23.8 Å². The molecule has 7 nitrogen and oxygen atoms in total. The molecular weight excluding hydrogens is 418 g/mol. The van der Waals surface area contributed by atoms with Gasteiger partial charge in [0, 0.05) is 17.2 Å². The predicted molar refractivity (Wildman–Crippen MR) is 119 cm³/mol. The number of anilines is 1. The fourth-order valence-corrected chi connectivity index (χ4v) is 3.57. The van der Waals surface area contributed by atoms with Crippen LogP contribution >= 0.6 is 11.6 Å². The summed E-state index contributed by atoms with van der Waals surface area (Å²) < 4.78 is 5.51. The van der Waals surface area contributed by atoms with E-state index < -0.39 is 17.9 Å². The van der Waals surface area contributed by atoms with Gasteiger partial charge in [-0.05, 0) is 56.2 Å². The molecule has 0 spiro atoms. The SMILES string of the molecule is CC(Oc1ccccc1Cl)C(=O)NNC(=O)c1ccc(NC(=O)C2CCCCC2)cc1. The Kier molecular flexibility index (Phi) is 7.89. The number of carbonyl (C=O) groups is 3. The molecule has 1 aliphatic carbocycles. The van der Waals surface area contributed by atoms with Gasteiger partial charge in [0.05, 0.1) is 5.02 Å². The standard InChI is InChI=1S/C23H26ClN3O4/c1-15(31-20-10-6-5-9-19(20)24)21(28)26-27-23(30)17-11-13-18(14-12-17)25-22(29)16-7-3-2-4-8-16/h5-6,9-16H,2-4,7-8H2,1H3,(H,25,29)(H,26,28)(H,27,30). The van der Waals surface area contributed by atoms with Crippen LogP contribution in [-0.2, 0) is 9.59 Å². The Morgan fingerprint density at radius 1 is 0.968 bits per heavy atom. The van der Waals surface area contributed by atoms with E-state index in [0.29, 0.717) is 22.0 Å². The third-order valence-electron chi connectivity index (χ3n) is 5.20. The quantitative estimate of drug-likeness (QED) is 0.586. The Labute approximate surface area is 186 Å². The summed E-state index contributed by atoms with van der Waals surface area (Å²) in [7, 11) is 0. The summed E-state index contributed by atoms with van der Waals surface area (Å²) in [6, 6.07) is 13.3. The number of amides is 3. The first-order valence-corrected chi connectivity index (χ1v) is 10.7. The van der Waals surface area contributed by atoms with Crippen LogP contribution in [0.25, 0.3) is 0 Å². The molecular formula is C23H26ClN3O4. The summed E-state index contributed by atoms with van der Waals surface area (Å²) in [6.07, 6.45) is 4.35. The lowest BCUT2D eigenvalue weighted by atomic mass is 9.88. The molecule has 0 heterocycles. The summed E-state index contributed by atoms with van der Waals surface area (Å²) in [4.78, 5) is 36.8. The van der Waals surface area contributed by atoms with Gasteiger partial charge in [0.1, 0.15) is 5.75 Å². The topological polar surface area (TPSA) is 96.5 Å². The summed E-state index contributed by atoms with van der Waals surface area (Å²) in [6.45, 7) is 1.55. The molecule has 1 fully saturated rings. The van der Waals surface area contributed by atoms with Crippen molar-refractivity contribution < 1.29 is 19.1 Å². The van der Waals surface area contributed by atoms with Crippen LogP contribution in [0.1, 0.15) is 49.4 Å². The molecule has 1 atom stereocenters. The van der Waals surface area contributed by atoms with Gasteiger partial charge in [-0.2, -0.15) is 0 Å². The monoisotopic (exact) mass is 443 g/mol. The first kappa shape index (κ1) is 22.6. The molecule has 0 aliphatic heterocycles. The van der Waals surface area contributed by atoms with Crippen molar-refractivity contribution in [1.29, 1.82) is 0 Å². The number of hydrogen-bond donors (Lipinski definition) is 3. The molecule has 3 N–H and O–H groups in total. The van der Waals surface area contributed by atoms with Crippen LogP contribution in [0.2, 0.25) is 5.02 Å². The largest absolute Gasteiger partial charge is 0.479 e. The highest BCUT2D eigenvalue weighted by Crippen LogP contribution is 2.25. The second-order valence-corrected chi connectivity index (χ2v) is 7.94. The molecule has 3 rings (SSSR count). The number of carbonyl (C=O) groups excluding carboxylic acids is 3. The minimum Gasteiger partial charge on any atom is -0.479 e. The smallest absolute Gasteiger partial charge is 0.279 e. The molecule has 2 aromatic carbocycles. The molecule has 2 aromatic rings. The first-order chi connectivity index (χ1) is 14.9. The minimum absolute atomic E-state index is 0.0247. The molecule has 0 aromatic heterocycles. The molecule has 8 heteroatoms. The van der Waals surface area contributed by atoms with Gasteiger partial charge in [0.25, 0.3) is 11.8 Å². The molecule has 3 amide bonds. The fraction of sp³-hybridized carbons (Fsp3) is 0.348. The van der Waals surface area contributed by atoms with E-state index in [2.05, 4.69) is 16.2 Å². The van der Waals surface area contributed by atoms with Crippen LogP contribution in [0.4, 0.5) is 5.69 Å². The number of benzene rings is 2. The zero-order valence-corrected chi connectivity index (χ0v) is 18.1. The average molecular weight is 444 g/mol. The number of rotatable bonds is 6. The number of nitrogens with one attached hydrogen (secondary N) is 3. The maximum atomic E-state index is 12.3. The van der Waals surface area contributed by atoms with E-state index in [-0.39, 0.29) is 11.8 Å². The van der Waals surface area contributed by atoms with E-state index >= 15 is 0 Å². The van der Waals surface area contributed by atoms with E-state index in [1.165, 1.54) is 6.42 Å². The van der Waals surface area contributed by atoms with Crippen LogP contribution in [0.3, 0.4) is 0 Å². The predicted octanol–water partition coefficient (Wildman–Crippen LogP) is 4.09. The van der Waals surface area contributed by atoms with E-state index in [0.717, 1.165) is 25.7 Å². The van der Waals surface area contributed by atoms with Crippen molar-refractivity contribution in [2.75, 3.05) is 5.32 Å². The lowest BCUT2D eigenvalue weighted by Crippen LogP contribution is -2.47. The lowest BCUT2D eigenvalue weighted by molar-refractivity contribution is -0.128. The Morgan fingerprint density at radius 2 is 1.65 bits per heavy atom. The third kappa shape index (κ3) is 6.46. The Bertz CT molecular complexity index is 927. The molecule has 1 aliphatic rings. The Hall–Kier alpha value is -3.06. The number of para-hydroxylation sites is 1. The van der Waals surface area contributed by atoms with Crippen LogP contribution in [0, 0.1) is 5.92 Å². The van der Waals surface area contributed by atoms with Gasteiger partial charge < -0.3 is 10.1 Å². The third-order valence-corrected chi connectivity index (χ3v) is 5.51. The van der Waals surface area contributed by atoms with Gasteiger partial charge in [-0.15, -0.1) is 0 Å². The van der Waals surface area contributed by atoms with Gasteiger partial charge in [-0.1, -0.05) is 43.0 Å². The molecule has 164 valence electrons. The fourth-order valence-electron chi connectivity index (χ4n) is 3.39. The van der Waals surface area contributed by atoms with Crippen molar-refractivity contribution in [3.63, 3.8) is 0 Å². The maximum Gasteiger partial charge on any atom is 0.279 e.